The van der Waals surface area contributed by atoms with Crippen LogP contribution in [0.15, 0.2) is 18.5 Å². The molecule has 0 saturated heterocycles. The van der Waals surface area contributed by atoms with Crippen LogP contribution in [0.3, 0.4) is 0 Å². The average Bonchev–Trinajstić information content (AvgIpc) is 3.82. The molecule has 368 valence electrons. The molecule has 1 heterocycles. The molecule has 0 bridgehead atoms. The molecule has 3 N–H and O–H groups in total. The zero-order valence-corrected chi connectivity index (χ0v) is 41.7. The van der Waals surface area contributed by atoms with Gasteiger partial charge in [0.1, 0.15) is 6.10 Å². The van der Waals surface area contributed by atoms with Gasteiger partial charge in [0.15, 0.2) is 0 Å². The Balaban J connectivity index is 2.42. The number of H-pyrrole nitrogens is 1. The average molecular weight is 888 g/mol. The number of carbonyl (C=O) groups is 3. The predicted molar refractivity (Wildman–Crippen MR) is 264 cm³/mol. The van der Waals surface area contributed by atoms with Crippen molar-refractivity contribution in [1.29, 1.82) is 0 Å². The van der Waals surface area contributed by atoms with Crippen molar-refractivity contribution in [3.63, 3.8) is 0 Å². The lowest BCUT2D eigenvalue weighted by atomic mass is 10.0. The summed E-state index contributed by atoms with van der Waals surface area (Å²) in [6.45, 7) is 12.6. The second kappa shape index (κ2) is 43.5. The number of aliphatic hydroxyl groups excluding tert-OH is 1. The Morgan fingerprint density at radius 3 is 1.63 bits per heavy atom. The van der Waals surface area contributed by atoms with Crippen molar-refractivity contribution in [3.05, 3.63) is 24.0 Å². The smallest absolute Gasteiger partial charge is 0.306 e. The Labute approximate surface area is 388 Å². The number of esters is 2. The number of ether oxygens (including phenoxy) is 2. The van der Waals surface area contributed by atoms with Gasteiger partial charge >= 0.3 is 11.9 Å². The molecular formula is C54H101N3O6. The van der Waals surface area contributed by atoms with Crippen LogP contribution in [0.2, 0.25) is 0 Å². The minimum absolute atomic E-state index is 0.0122. The minimum atomic E-state index is -0.416. The van der Waals surface area contributed by atoms with E-state index in [4.69, 9.17) is 9.47 Å². The van der Waals surface area contributed by atoms with Crippen LogP contribution in [-0.4, -0.2) is 77.8 Å². The third kappa shape index (κ3) is 37.5. The van der Waals surface area contributed by atoms with E-state index in [0.29, 0.717) is 50.4 Å². The molecular weight excluding hydrogens is 787 g/mol. The van der Waals surface area contributed by atoms with Crippen LogP contribution < -0.4 is 5.32 Å². The van der Waals surface area contributed by atoms with Gasteiger partial charge in [0.2, 0.25) is 0 Å². The van der Waals surface area contributed by atoms with Crippen molar-refractivity contribution in [2.75, 3.05) is 32.8 Å². The molecule has 1 aromatic rings. The van der Waals surface area contributed by atoms with E-state index in [9.17, 15) is 19.5 Å². The molecule has 0 spiro atoms. The number of rotatable bonds is 47. The Morgan fingerprint density at radius 2 is 1.08 bits per heavy atom. The van der Waals surface area contributed by atoms with Crippen LogP contribution in [0.1, 0.15) is 263 Å². The summed E-state index contributed by atoms with van der Waals surface area (Å²) in [5.41, 5.74) is 0.634. The first kappa shape index (κ1) is 58.6. The number of hydrogen-bond acceptors (Lipinski definition) is 7. The molecule has 9 heteroatoms. The topological polar surface area (TPSA) is 121 Å². The van der Waals surface area contributed by atoms with Crippen molar-refractivity contribution < 1.29 is 29.0 Å². The maximum Gasteiger partial charge on any atom is 0.306 e. The van der Waals surface area contributed by atoms with Crippen LogP contribution in [0.4, 0.5) is 0 Å². The molecule has 2 unspecified atom stereocenters. The number of nitrogens with one attached hydrogen (secondary N) is 2. The fourth-order valence-electron chi connectivity index (χ4n) is 8.53. The fourth-order valence-corrected chi connectivity index (χ4v) is 8.53. The molecule has 0 aliphatic carbocycles. The first-order valence-electron chi connectivity index (χ1n) is 26.9. The molecule has 1 aromatic heterocycles. The fraction of sp³-hybridized carbons (Fsp3) is 0.870. The molecule has 63 heavy (non-hydrogen) atoms. The Bertz CT molecular complexity index is 1150. The molecule has 0 aromatic carbocycles. The van der Waals surface area contributed by atoms with E-state index in [1.165, 1.54) is 109 Å². The summed E-state index contributed by atoms with van der Waals surface area (Å²) in [6.07, 6.45) is 41.9. The highest BCUT2D eigenvalue weighted by molar-refractivity contribution is 5.93. The number of aliphatic hydroxyl groups is 1. The summed E-state index contributed by atoms with van der Waals surface area (Å²) in [5.74, 6) is 0.256. The van der Waals surface area contributed by atoms with Gasteiger partial charge in [-0.05, 0) is 102 Å². The third-order valence-electron chi connectivity index (χ3n) is 12.7. The lowest BCUT2D eigenvalue weighted by Crippen LogP contribution is -2.34. The summed E-state index contributed by atoms with van der Waals surface area (Å²) in [4.78, 5) is 42.9. The summed E-state index contributed by atoms with van der Waals surface area (Å²) in [7, 11) is 0. The standard InChI is InChI=1S/C54H101N3O6/c1-5-8-11-14-17-19-25-34-48(4)47-62-52(59)38-29-24-33-44-57(46-50(58)35-30-31-41-56-54(61)49-40-42-55-45-49)43-32-23-18-22-28-39-53(60)63-51(36-26-20-15-12-9-6-2)37-27-21-16-13-10-7-3/h40,42,45,48,50-51,55,58H,5-39,41,43-44,46-47H2,1-4H3,(H,56,61). The second-order valence-corrected chi connectivity index (χ2v) is 19.1. The van der Waals surface area contributed by atoms with Crippen molar-refractivity contribution >= 4 is 17.8 Å². The predicted octanol–water partition coefficient (Wildman–Crippen LogP) is 14.2. The lowest BCUT2D eigenvalue weighted by Gasteiger charge is -2.25. The molecule has 0 radical (unpaired) electrons. The number of carbonyl (C=O) groups excluding carboxylic acids is 3. The Hall–Kier alpha value is -2.39. The van der Waals surface area contributed by atoms with Crippen LogP contribution in [0.25, 0.3) is 0 Å². The molecule has 1 amide bonds. The van der Waals surface area contributed by atoms with E-state index in [1.54, 1.807) is 18.5 Å². The first-order chi connectivity index (χ1) is 30.8. The Morgan fingerprint density at radius 1 is 0.603 bits per heavy atom. The van der Waals surface area contributed by atoms with Gasteiger partial charge in [-0.1, -0.05) is 163 Å². The highest BCUT2D eigenvalue weighted by Gasteiger charge is 2.16. The summed E-state index contributed by atoms with van der Waals surface area (Å²) in [6, 6.07) is 1.76. The van der Waals surface area contributed by atoms with E-state index < -0.39 is 6.10 Å². The molecule has 0 aliphatic rings. The van der Waals surface area contributed by atoms with Gasteiger partial charge in [-0.2, -0.15) is 0 Å². The number of hydrogen-bond donors (Lipinski definition) is 3. The van der Waals surface area contributed by atoms with Crippen molar-refractivity contribution in [2.24, 2.45) is 5.92 Å². The van der Waals surface area contributed by atoms with Gasteiger partial charge in [-0.15, -0.1) is 0 Å². The van der Waals surface area contributed by atoms with E-state index in [0.717, 1.165) is 109 Å². The number of nitrogens with zero attached hydrogens (tertiary/aromatic N) is 1. The highest BCUT2D eigenvalue weighted by atomic mass is 16.5. The van der Waals surface area contributed by atoms with Crippen LogP contribution in [0, 0.1) is 5.92 Å². The summed E-state index contributed by atoms with van der Waals surface area (Å²) in [5, 5.41) is 14.0. The van der Waals surface area contributed by atoms with E-state index in [2.05, 4.69) is 42.9 Å². The van der Waals surface area contributed by atoms with E-state index in [1.807, 2.05) is 0 Å². The van der Waals surface area contributed by atoms with Crippen molar-refractivity contribution in [3.8, 4) is 0 Å². The Kier molecular flexibility index (Phi) is 40.5. The van der Waals surface area contributed by atoms with Crippen molar-refractivity contribution in [2.45, 2.75) is 265 Å². The van der Waals surface area contributed by atoms with Gasteiger partial charge in [0.25, 0.3) is 5.91 Å². The van der Waals surface area contributed by atoms with Gasteiger partial charge in [-0.3, -0.25) is 14.4 Å². The lowest BCUT2D eigenvalue weighted by molar-refractivity contribution is -0.150. The largest absolute Gasteiger partial charge is 0.465 e. The molecule has 0 fully saturated rings. The zero-order chi connectivity index (χ0) is 45.9. The second-order valence-electron chi connectivity index (χ2n) is 19.1. The molecule has 0 aliphatic heterocycles. The quantitative estimate of drug-likeness (QED) is 0.0440. The van der Waals surface area contributed by atoms with Gasteiger partial charge < -0.3 is 29.8 Å². The molecule has 2 atom stereocenters. The number of amides is 1. The molecule has 9 nitrogen and oxygen atoms in total. The van der Waals surface area contributed by atoms with Crippen molar-refractivity contribution in [1.82, 2.24) is 15.2 Å². The van der Waals surface area contributed by atoms with Crippen LogP contribution >= 0.6 is 0 Å². The third-order valence-corrected chi connectivity index (χ3v) is 12.7. The SMILES string of the molecule is CCCCCCCCCC(C)COC(=O)CCCCCN(CCCCCCCC(=O)OC(CCCCCCCC)CCCCCCCC)CC(O)CCCCNC(=O)c1cc[nH]c1. The van der Waals surface area contributed by atoms with E-state index >= 15 is 0 Å². The van der Waals surface area contributed by atoms with Gasteiger partial charge in [-0.25, -0.2) is 0 Å². The molecule has 0 saturated carbocycles. The maximum atomic E-state index is 12.9. The van der Waals surface area contributed by atoms with Crippen LogP contribution in [0.5, 0.6) is 0 Å². The van der Waals surface area contributed by atoms with E-state index in [-0.39, 0.29) is 23.9 Å². The highest BCUT2D eigenvalue weighted by Crippen LogP contribution is 2.19. The molecule has 1 rings (SSSR count). The summed E-state index contributed by atoms with van der Waals surface area (Å²) < 4.78 is 11.7. The number of aromatic amines is 1. The van der Waals surface area contributed by atoms with Crippen LogP contribution in [-0.2, 0) is 19.1 Å². The van der Waals surface area contributed by atoms with Gasteiger partial charge in [0, 0.05) is 38.3 Å². The monoisotopic (exact) mass is 888 g/mol. The normalized spacial score (nSPS) is 12.6. The summed E-state index contributed by atoms with van der Waals surface area (Å²) >= 11 is 0. The first-order valence-corrected chi connectivity index (χ1v) is 26.9. The maximum absolute atomic E-state index is 12.9. The number of unbranched alkanes of at least 4 members (excludes halogenated alkanes) is 23. The zero-order valence-electron chi connectivity index (χ0n) is 41.7. The van der Waals surface area contributed by atoms with Gasteiger partial charge in [0.05, 0.1) is 18.3 Å². The number of aromatic nitrogens is 1. The minimum Gasteiger partial charge on any atom is -0.465 e.